The molecule has 5 heteroatoms. The molecule has 88 valence electrons. The van der Waals surface area contributed by atoms with Gasteiger partial charge in [0.25, 0.3) is 0 Å². The van der Waals surface area contributed by atoms with Crippen LogP contribution in [0.2, 0.25) is 0 Å². The van der Waals surface area contributed by atoms with E-state index in [9.17, 15) is 0 Å². The highest BCUT2D eigenvalue weighted by molar-refractivity contribution is 9.09. The SMILES string of the molecule is Cc1csc2c1-n1cccc1/C2=N\OCCBr. The summed E-state index contributed by atoms with van der Waals surface area (Å²) in [5, 5.41) is 7.21. The van der Waals surface area contributed by atoms with Crippen molar-refractivity contribution in [1.82, 2.24) is 4.57 Å². The van der Waals surface area contributed by atoms with Gasteiger partial charge in [0.05, 0.1) is 16.3 Å². The zero-order valence-corrected chi connectivity index (χ0v) is 11.7. The topological polar surface area (TPSA) is 26.5 Å². The van der Waals surface area contributed by atoms with Crippen LogP contribution in [0.5, 0.6) is 0 Å². The fourth-order valence-corrected chi connectivity index (χ4v) is 3.20. The van der Waals surface area contributed by atoms with Crippen molar-refractivity contribution in [2.24, 2.45) is 5.16 Å². The number of hydrogen-bond acceptors (Lipinski definition) is 3. The summed E-state index contributed by atoms with van der Waals surface area (Å²) < 4.78 is 2.18. The number of fused-ring (bicyclic) bond motifs is 3. The van der Waals surface area contributed by atoms with Crippen LogP contribution in [0.25, 0.3) is 5.69 Å². The Bertz CT molecular complexity index is 585. The molecule has 0 unspecified atom stereocenters. The van der Waals surface area contributed by atoms with Crippen molar-refractivity contribution in [3.63, 3.8) is 0 Å². The molecule has 0 saturated heterocycles. The summed E-state index contributed by atoms with van der Waals surface area (Å²) in [5.74, 6) is 0. The molecule has 0 aromatic carbocycles. The Morgan fingerprint density at radius 2 is 2.41 bits per heavy atom. The van der Waals surface area contributed by atoms with E-state index in [2.05, 4.69) is 50.2 Å². The van der Waals surface area contributed by atoms with Gasteiger partial charge in [-0.15, -0.1) is 11.3 Å². The summed E-state index contributed by atoms with van der Waals surface area (Å²) in [6.07, 6.45) is 2.07. The Labute approximate surface area is 112 Å². The van der Waals surface area contributed by atoms with Crippen molar-refractivity contribution >= 4 is 33.0 Å². The van der Waals surface area contributed by atoms with Crippen LogP contribution in [-0.4, -0.2) is 22.2 Å². The highest BCUT2D eigenvalue weighted by atomic mass is 79.9. The lowest BCUT2D eigenvalue weighted by Gasteiger charge is -1.99. The number of aryl methyl sites for hydroxylation is 1. The maximum Gasteiger partial charge on any atom is 0.146 e. The lowest BCUT2D eigenvalue weighted by molar-refractivity contribution is 0.162. The molecule has 0 atom stereocenters. The first-order chi connectivity index (χ1) is 8.33. The molecule has 0 spiro atoms. The number of thiophene rings is 1. The third-order valence-corrected chi connectivity index (χ3v) is 4.13. The normalized spacial score (nSPS) is 15.1. The van der Waals surface area contributed by atoms with E-state index in [-0.39, 0.29) is 0 Å². The Hall–Kier alpha value is -1.07. The number of rotatable bonds is 3. The zero-order chi connectivity index (χ0) is 11.8. The summed E-state index contributed by atoms with van der Waals surface area (Å²) in [4.78, 5) is 6.50. The van der Waals surface area contributed by atoms with E-state index in [4.69, 9.17) is 4.84 Å². The van der Waals surface area contributed by atoms with Crippen LogP contribution in [0.3, 0.4) is 0 Å². The molecule has 2 aromatic rings. The van der Waals surface area contributed by atoms with Gasteiger partial charge in [-0.25, -0.2) is 0 Å². The Balaban J connectivity index is 2.09. The molecule has 17 heavy (non-hydrogen) atoms. The van der Waals surface area contributed by atoms with E-state index in [0.29, 0.717) is 6.61 Å². The second-order valence-corrected chi connectivity index (χ2v) is 5.49. The van der Waals surface area contributed by atoms with Crippen molar-refractivity contribution in [1.29, 1.82) is 0 Å². The van der Waals surface area contributed by atoms with Crippen LogP contribution in [-0.2, 0) is 4.84 Å². The first kappa shape index (κ1) is 11.0. The fraction of sp³-hybridized carbons (Fsp3) is 0.250. The highest BCUT2D eigenvalue weighted by Gasteiger charge is 2.28. The van der Waals surface area contributed by atoms with Gasteiger partial charge in [-0.05, 0) is 30.0 Å². The van der Waals surface area contributed by atoms with Crippen molar-refractivity contribution in [3.8, 4) is 5.69 Å². The van der Waals surface area contributed by atoms with Gasteiger partial charge in [-0.3, -0.25) is 0 Å². The van der Waals surface area contributed by atoms with Gasteiger partial charge < -0.3 is 9.40 Å². The molecule has 3 nitrogen and oxygen atoms in total. The summed E-state index contributed by atoms with van der Waals surface area (Å²) >= 11 is 5.04. The number of hydrogen-bond donors (Lipinski definition) is 0. The van der Waals surface area contributed by atoms with E-state index in [1.807, 2.05) is 6.07 Å². The summed E-state index contributed by atoms with van der Waals surface area (Å²) in [5.41, 5.74) is 4.60. The number of aromatic nitrogens is 1. The second kappa shape index (κ2) is 4.31. The molecular weight excluding hydrogens is 300 g/mol. The third-order valence-electron chi connectivity index (χ3n) is 2.71. The Kier molecular flexibility index (Phi) is 2.80. The maximum absolute atomic E-state index is 5.29. The quantitative estimate of drug-likeness (QED) is 0.414. The molecule has 0 bridgehead atoms. The Morgan fingerprint density at radius 1 is 1.53 bits per heavy atom. The van der Waals surface area contributed by atoms with Crippen LogP contribution < -0.4 is 0 Å². The molecule has 0 aliphatic carbocycles. The number of halogens is 1. The summed E-state index contributed by atoms with van der Waals surface area (Å²) in [6, 6.07) is 4.11. The van der Waals surface area contributed by atoms with E-state index < -0.39 is 0 Å². The molecule has 3 rings (SSSR count). The molecule has 1 aliphatic rings. The van der Waals surface area contributed by atoms with Gasteiger partial charge in [0, 0.05) is 11.5 Å². The summed E-state index contributed by atoms with van der Waals surface area (Å²) in [7, 11) is 0. The second-order valence-electron chi connectivity index (χ2n) is 3.82. The van der Waals surface area contributed by atoms with Crippen molar-refractivity contribution in [3.05, 3.63) is 39.8 Å². The van der Waals surface area contributed by atoms with Gasteiger partial charge in [0.15, 0.2) is 0 Å². The molecule has 2 aromatic heterocycles. The number of nitrogens with zero attached hydrogens (tertiary/aromatic N) is 2. The monoisotopic (exact) mass is 310 g/mol. The van der Waals surface area contributed by atoms with E-state index in [1.54, 1.807) is 11.3 Å². The molecule has 0 N–H and O–H groups in total. The van der Waals surface area contributed by atoms with Crippen molar-refractivity contribution in [2.45, 2.75) is 6.92 Å². The molecular formula is C12H11BrN2OS. The predicted molar refractivity (Wildman–Crippen MR) is 73.8 cm³/mol. The van der Waals surface area contributed by atoms with Crippen LogP contribution in [0.1, 0.15) is 16.1 Å². The smallest absolute Gasteiger partial charge is 0.146 e. The minimum Gasteiger partial charge on any atom is -0.394 e. The van der Waals surface area contributed by atoms with Gasteiger partial charge in [0.2, 0.25) is 0 Å². The highest BCUT2D eigenvalue weighted by Crippen LogP contribution is 2.35. The minimum atomic E-state index is 0.587. The number of oxime groups is 1. The van der Waals surface area contributed by atoms with E-state index in [1.165, 1.54) is 16.1 Å². The van der Waals surface area contributed by atoms with Crippen LogP contribution in [0.4, 0.5) is 0 Å². The average Bonchev–Trinajstić information content (AvgIpc) is 2.95. The predicted octanol–water partition coefficient (Wildman–Crippen LogP) is 3.32. The first-order valence-corrected chi connectivity index (χ1v) is 7.35. The fourth-order valence-electron chi connectivity index (χ4n) is 2.02. The first-order valence-electron chi connectivity index (χ1n) is 5.35. The van der Waals surface area contributed by atoms with E-state index in [0.717, 1.165) is 16.7 Å². The van der Waals surface area contributed by atoms with Gasteiger partial charge >= 0.3 is 0 Å². The number of alkyl halides is 1. The van der Waals surface area contributed by atoms with E-state index >= 15 is 0 Å². The maximum atomic E-state index is 5.29. The largest absolute Gasteiger partial charge is 0.394 e. The molecule has 0 saturated carbocycles. The van der Waals surface area contributed by atoms with Crippen LogP contribution >= 0.6 is 27.3 Å². The molecule has 0 fully saturated rings. The van der Waals surface area contributed by atoms with Crippen LogP contribution in [0.15, 0.2) is 28.9 Å². The molecule has 3 heterocycles. The molecule has 0 radical (unpaired) electrons. The minimum absolute atomic E-state index is 0.587. The zero-order valence-electron chi connectivity index (χ0n) is 9.31. The van der Waals surface area contributed by atoms with Gasteiger partial charge in [-0.2, -0.15) is 0 Å². The van der Waals surface area contributed by atoms with Crippen molar-refractivity contribution in [2.75, 3.05) is 11.9 Å². The van der Waals surface area contributed by atoms with Gasteiger partial charge in [-0.1, -0.05) is 21.1 Å². The lowest BCUT2D eigenvalue weighted by Crippen LogP contribution is -2.00. The molecule has 1 aliphatic heterocycles. The van der Waals surface area contributed by atoms with Crippen LogP contribution in [0, 0.1) is 6.92 Å². The van der Waals surface area contributed by atoms with Gasteiger partial charge in [0.1, 0.15) is 12.3 Å². The lowest BCUT2D eigenvalue weighted by atomic mass is 10.2. The summed E-state index contributed by atoms with van der Waals surface area (Å²) in [6.45, 7) is 2.71. The average molecular weight is 311 g/mol. The van der Waals surface area contributed by atoms with Crippen molar-refractivity contribution < 1.29 is 4.84 Å². The Morgan fingerprint density at radius 3 is 3.24 bits per heavy atom. The third kappa shape index (κ3) is 1.65. The molecule has 0 amide bonds. The standard InChI is InChI=1S/C12H11BrN2OS/c1-8-7-17-12-10(14-16-6-4-13)9-3-2-5-15(9)11(8)12/h2-3,5,7H,4,6H2,1H3/b14-10+.